The summed E-state index contributed by atoms with van der Waals surface area (Å²) in [4.78, 5) is 23.7. The first-order chi connectivity index (χ1) is 13.6. The highest BCUT2D eigenvalue weighted by molar-refractivity contribution is 7.89. The Morgan fingerprint density at radius 2 is 1.69 bits per heavy atom. The quantitative estimate of drug-likeness (QED) is 0.596. The molecule has 29 heavy (non-hydrogen) atoms. The molecule has 0 aliphatic carbocycles. The minimum atomic E-state index is -3.77. The molecular formula is C20H24N2O6S. The van der Waals surface area contributed by atoms with Crippen LogP contribution in [-0.2, 0) is 24.3 Å². The van der Waals surface area contributed by atoms with E-state index >= 15 is 0 Å². The lowest BCUT2D eigenvalue weighted by Gasteiger charge is -2.15. The summed E-state index contributed by atoms with van der Waals surface area (Å²) in [5.74, 6) is -0.360. The fourth-order valence-electron chi connectivity index (χ4n) is 2.42. The standard InChI is InChI=1S/C20H24N2O6S/c1-14-3-7-17(8-4-14)27-12-11-20(24)28-13-19(23)22-15(2)16-5-9-18(10-6-16)29(21,25)26/h3-10,15H,11-13H2,1-2H3,(H,22,23)(H2,21,25,26)/t15-/m1/s1. The lowest BCUT2D eigenvalue weighted by Crippen LogP contribution is -2.31. The van der Waals surface area contributed by atoms with E-state index in [1.165, 1.54) is 12.1 Å². The third kappa shape index (κ3) is 7.55. The molecule has 0 fully saturated rings. The van der Waals surface area contributed by atoms with Gasteiger partial charge in [0.05, 0.1) is 24.0 Å². The summed E-state index contributed by atoms with van der Waals surface area (Å²) in [6, 6.07) is 12.9. The molecule has 2 rings (SSSR count). The lowest BCUT2D eigenvalue weighted by molar-refractivity contribution is -0.149. The van der Waals surface area contributed by atoms with Crippen molar-refractivity contribution in [3.05, 3.63) is 59.7 Å². The Bertz CT molecular complexity index is 940. The molecule has 1 amide bonds. The maximum absolute atomic E-state index is 11.9. The van der Waals surface area contributed by atoms with Crippen molar-refractivity contribution in [1.82, 2.24) is 5.32 Å². The van der Waals surface area contributed by atoms with Crippen LogP contribution in [0.2, 0.25) is 0 Å². The fourth-order valence-corrected chi connectivity index (χ4v) is 2.93. The van der Waals surface area contributed by atoms with Crippen molar-refractivity contribution in [3.8, 4) is 5.75 Å². The number of primary sulfonamides is 1. The number of rotatable bonds is 9. The average Bonchev–Trinajstić information content (AvgIpc) is 2.67. The second-order valence-corrected chi connectivity index (χ2v) is 8.04. The molecule has 8 nitrogen and oxygen atoms in total. The van der Waals surface area contributed by atoms with Crippen LogP contribution in [-0.4, -0.2) is 33.5 Å². The number of esters is 1. The normalized spacial score (nSPS) is 12.1. The molecule has 0 radical (unpaired) electrons. The van der Waals surface area contributed by atoms with Crippen molar-refractivity contribution in [2.45, 2.75) is 31.2 Å². The van der Waals surface area contributed by atoms with E-state index in [2.05, 4.69) is 5.32 Å². The van der Waals surface area contributed by atoms with Crippen molar-refractivity contribution in [3.63, 3.8) is 0 Å². The first-order valence-electron chi connectivity index (χ1n) is 8.92. The van der Waals surface area contributed by atoms with E-state index in [1.54, 1.807) is 19.1 Å². The van der Waals surface area contributed by atoms with Gasteiger partial charge in [0.1, 0.15) is 5.75 Å². The fraction of sp³-hybridized carbons (Fsp3) is 0.300. The molecule has 0 saturated carbocycles. The second-order valence-electron chi connectivity index (χ2n) is 6.48. The van der Waals surface area contributed by atoms with Crippen molar-refractivity contribution in [2.24, 2.45) is 5.14 Å². The molecule has 0 unspecified atom stereocenters. The molecular weight excluding hydrogens is 396 g/mol. The number of nitrogens with two attached hydrogens (primary N) is 1. The Labute approximate surface area is 170 Å². The van der Waals surface area contributed by atoms with Crippen LogP contribution < -0.4 is 15.2 Å². The molecule has 2 aromatic rings. The molecule has 3 N–H and O–H groups in total. The summed E-state index contributed by atoms with van der Waals surface area (Å²) in [6.45, 7) is 3.42. The minimum absolute atomic E-state index is 0.0124. The van der Waals surface area contributed by atoms with Gasteiger partial charge in [-0.2, -0.15) is 0 Å². The van der Waals surface area contributed by atoms with Crippen LogP contribution in [0.1, 0.15) is 30.5 Å². The van der Waals surface area contributed by atoms with Crippen LogP contribution in [0.15, 0.2) is 53.4 Å². The van der Waals surface area contributed by atoms with Gasteiger partial charge in [-0.3, -0.25) is 9.59 Å². The van der Waals surface area contributed by atoms with Gasteiger partial charge >= 0.3 is 5.97 Å². The van der Waals surface area contributed by atoms with Crippen LogP contribution >= 0.6 is 0 Å². The van der Waals surface area contributed by atoms with Gasteiger partial charge in [-0.1, -0.05) is 29.8 Å². The zero-order valence-electron chi connectivity index (χ0n) is 16.3. The summed E-state index contributed by atoms with van der Waals surface area (Å²) in [5.41, 5.74) is 1.79. The zero-order valence-corrected chi connectivity index (χ0v) is 17.1. The van der Waals surface area contributed by atoms with Gasteiger partial charge in [-0.15, -0.1) is 0 Å². The molecule has 156 valence electrons. The summed E-state index contributed by atoms with van der Waals surface area (Å²) < 4.78 is 32.9. The van der Waals surface area contributed by atoms with Crippen molar-refractivity contribution in [2.75, 3.05) is 13.2 Å². The molecule has 0 aliphatic rings. The van der Waals surface area contributed by atoms with Gasteiger partial charge < -0.3 is 14.8 Å². The predicted molar refractivity (Wildman–Crippen MR) is 107 cm³/mol. The Morgan fingerprint density at radius 1 is 1.07 bits per heavy atom. The molecule has 0 bridgehead atoms. The van der Waals surface area contributed by atoms with Crippen molar-refractivity contribution in [1.29, 1.82) is 0 Å². The van der Waals surface area contributed by atoms with E-state index in [0.717, 1.165) is 5.56 Å². The molecule has 0 heterocycles. The van der Waals surface area contributed by atoms with E-state index in [1.807, 2.05) is 31.2 Å². The first-order valence-corrected chi connectivity index (χ1v) is 10.5. The molecule has 0 spiro atoms. The Balaban J connectivity index is 1.71. The number of hydrogen-bond donors (Lipinski definition) is 2. The third-order valence-electron chi connectivity index (χ3n) is 4.05. The van der Waals surface area contributed by atoms with Gasteiger partial charge in [-0.05, 0) is 43.7 Å². The zero-order chi connectivity index (χ0) is 21.4. The van der Waals surface area contributed by atoms with Crippen LogP contribution in [0.5, 0.6) is 5.75 Å². The second kappa shape index (κ2) is 10.0. The van der Waals surface area contributed by atoms with Crippen LogP contribution in [0, 0.1) is 6.92 Å². The Morgan fingerprint density at radius 3 is 2.28 bits per heavy atom. The highest BCUT2D eigenvalue weighted by atomic mass is 32.2. The summed E-state index contributed by atoms with van der Waals surface area (Å²) >= 11 is 0. The number of nitrogens with one attached hydrogen (secondary N) is 1. The van der Waals surface area contributed by atoms with Crippen molar-refractivity contribution >= 4 is 21.9 Å². The number of amides is 1. The third-order valence-corrected chi connectivity index (χ3v) is 4.98. The summed E-state index contributed by atoms with van der Waals surface area (Å²) in [6.07, 6.45) is 0.0196. The van der Waals surface area contributed by atoms with E-state index in [0.29, 0.717) is 11.3 Å². The predicted octanol–water partition coefficient (Wildman–Crippen LogP) is 1.83. The summed E-state index contributed by atoms with van der Waals surface area (Å²) in [7, 11) is -3.77. The van der Waals surface area contributed by atoms with Crippen LogP contribution in [0.25, 0.3) is 0 Å². The lowest BCUT2D eigenvalue weighted by atomic mass is 10.1. The molecule has 1 atom stereocenters. The number of carbonyl (C=O) groups is 2. The highest BCUT2D eigenvalue weighted by Crippen LogP contribution is 2.15. The monoisotopic (exact) mass is 420 g/mol. The number of hydrogen-bond acceptors (Lipinski definition) is 6. The van der Waals surface area contributed by atoms with E-state index in [4.69, 9.17) is 14.6 Å². The molecule has 9 heteroatoms. The number of carbonyl (C=O) groups excluding carboxylic acids is 2. The Hall–Kier alpha value is -2.91. The highest BCUT2D eigenvalue weighted by Gasteiger charge is 2.13. The maximum Gasteiger partial charge on any atom is 0.309 e. The van der Waals surface area contributed by atoms with Gasteiger partial charge in [0, 0.05) is 0 Å². The molecule has 0 saturated heterocycles. The van der Waals surface area contributed by atoms with Crippen LogP contribution in [0.4, 0.5) is 0 Å². The Kier molecular flexibility index (Phi) is 7.74. The number of benzene rings is 2. The van der Waals surface area contributed by atoms with Gasteiger partial charge in [0.2, 0.25) is 10.0 Å². The minimum Gasteiger partial charge on any atom is -0.493 e. The van der Waals surface area contributed by atoms with Crippen LogP contribution in [0.3, 0.4) is 0 Å². The van der Waals surface area contributed by atoms with E-state index in [-0.39, 0.29) is 17.9 Å². The van der Waals surface area contributed by atoms with E-state index in [9.17, 15) is 18.0 Å². The molecule has 2 aromatic carbocycles. The van der Waals surface area contributed by atoms with E-state index < -0.39 is 34.5 Å². The first kappa shape index (κ1) is 22.4. The topological polar surface area (TPSA) is 125 Å². The smallest absolute Gasteiger partial charge is 0.309 e. The SMILES string of the molecule is Cc1ccc(OCCC(=O)OCC(=O)N[C@H](C)c2ccc(S(N)(=O)=O)cc2)cc1. The maximum atomic E-state index is 11.9. The molecule has 0 aliphatic heterocycles. The summed E-state index contributed by atoms with van der Waals surface area (Å²) in [5, 5.41) is 7.72. The van der Waals surface area contributed by atoms with Gasteiger partial charge in [0.15, 0.2) is 6.61 Å². The average molecular weight is 420 g/mol. The number of aryl methyl sites for hydroxylation is 1. The molecule has 0 aromatic heterocycles. The number of sulfonamides is 1. The number of ether oxygens (including phenoxy) is 2. The van der Waals surface area contributed by atoms with Gasteiger partial charge in [0.25, 0.3) is 5.91 Å². The largest absolute Gasteiger partial charge is 0.493 e. The van der Waals surface area contributed by atoms with Crippen molar-refractivity contribution < 1.29 is 27.5 Å². The van der Waals surface area contributed by atoms with Gasteiger partial charge in [-0.25, -0.2) is 13.6 Å².